The number of benzene rings is 1. The average molecular weight is 439 g/mol. The molecule has 0 bridgehead atoms. The number of nitrogens with zero attached hydrogens (tertiary/aromatic N) is 4. The van der Waals surface area contributed by atoms with Crippen LogP contribution in [-0.4, -0.2) is 54.8 Å². The molecular formula is C23H30N6OS. The van der Waals surface area contributed by atoms with Crippen molar-refractivity contribution in [2.75, 3.05) is 24.5 Å². The molecule has 7 nitrogen and oxygen atoms in total. The maximum atomic E-state index is 13.0. The van der Waals surface area contributed by atoms with Crippen LogP contribution in [0.2, 0.25) is 0 Å². The molecule has 3 aliphatic heterocycles. The van der Waals surface area contributed by atoms with Crippen LogP contribution in [0.5, 0.6) is 0 Å². The first-order valence-corrected chi connectivity index (χ1v) is 11.8. The number of thioether (sulfide) groups is 1. The molecule has 164 valence electrons. The number of fused-ring (bicyclic) bond motifs is 1. The number of carbonyl (C=O) groups excluding carboxylic acids is 1. The van der Waals surface area contributed by atoms with Crippen molar-refractivity contribution in [1.82, 2.24) is 10.6 Å². The number of carbonyl (C=O) groups is 1. The first kappa shape index (κ1) is 21.8. The number of nitrogens with one attached hydrogen (secondary N) is 2. The van der Waals surface area contributed by atoms with E-state index < -0.39 is 0 Å². The molecule has 2 N–H and O–H groups in total. The number of para-hydroxylation sites is 1. The topological polar surface area (TPSA) is 81.5 Å². The van der Waals surface area contributed by atoms with E-state index in [1.807, 2.05) is 13.0 Å². The third-order valence-electron chi connectivity index (χ3n) is 5.95. The Bertz CT molecular complexity index is 934. The molecule has 4 rings (SSSR count). The van der Waals surface area contributed by atoms with Gasteiger partial charge in [0.2, 0.25) is 0 Å². The molecule has 0 aromatic heterocycles. The Morgan fingerprint density at radius 3 is 2.87 bits per heavy atom. The maximum Gasteiger partial charge on any atom is 0.276 e. The standard InChI is InChI=1S/C23H30N6OS/c1-15-12-19-6-4-5-7-20(19)29(15)21-16(2)28-23(31-17(3)26-14-27-21)22(30)25-13-18-8-10-24-11-9-18/h4-7,14-16,18,24H,3,8-13H2,1-2H3,(H,25,30)/b26-14-,27-21+,28-23-. The van der Waals surface area contributed by atoms with Gasteiger partial charge in [-0.05, 0) is 75.5 Å². The van der Waals surface area contributed by atoms with E-state index in [9.17, 15) is 4.79 Å². The first-order valence-electron chi connectivity index (χ1n) is 10.9. The van der Waals surface area contributed by atoms with Crippen molar-refractivity contribution in [2.24, 2.45) is 20.9 Å². The van der Waals surface area contributed by atoms with E-state index in [1.54, 1.807) is 0 Å². The molecule has 2 atom stereocenters. The monoisotopic (exact) mass is 438 g/mol. The fraction of sp³-hybridized carbons (Fsp3) is 0.478. The number of hydrogen-bond acceptors (Lipinski definition) is 7. The molecule has 1 aromatic carbocycles. The number of amidine groups is 1. The third-order valence-corrected chi connectivity index (χ3v) is 6.77. The van der Waals surface area contributed by atoms with Gasteiger partial charge in [-0.3, -0.25) is 9.79 Å². The fourth-order valence-corrected chi connectivity index (χ4v) is 5.04. The zero-order chi connectivity index (χ0) is 21.8. The van der Waals surface area contributed by atoms with E-state index in [-0.39, 0.29) is 18.0 Å². The molecular weight excluding hydrogens is 408 g/mol. The summed E-state index contributed by atoms with van der Waals surface area (Å²) in [5, 5.41) is 7.32. The van der Waals surface area contributed by atoms with Crippen molar-refractivity contribution in [2.45, 2.75) is 45.2 Å². The first-order chi connectivity index (χ1) is 15.0. The Hall–Kier alpha value is -2.45. The molecule has 1 fully saturated rings. The van der Waals surface area contributed by atoms with Crippen LogP contribution in [0.1, 0.15) is 32.3 Å². The number of amides is 1. The van der Waals surface area contributed by atoms with Crippen LogP contribution < -0.4 is 15.5 Å². The number of rotatable bonds is 3. The van der Waals surface area contributed by atoms with Crippen LogP contribution in [0.25, 0.3) is 0 Å². The van der Waals surface area contributed by atoms with Crippen molar-refractivity contribution in [3.8, 4) is 0 Å². The molecule has 1 aromatic rings. The van der Waals surface area contributed by atoms with Crippen molar-refractivity contribution >= 4 is 40.6 Å². The van der Waals surface area contributed by atoms with Gasteiger partial charge >= 0.3 is 0 Å². The molecule has 0 spiro atoms. The summed E-state index contributed by atoms with van der Waals surface area (Å²) >= 11 is 1.20. The second-order valence-corrected chi connectivity index (χ2v) is 9.36. The number of anilines is 1. The van der Waals surface area contributed by atoms with Gasteiger partial charge in [-0.1, -0.05) is 24.8 Å². The number of hydrogen-bond donors (Lipinski definition) is 2. The molecule has 1 saturated heterocycles. The highest BCUT2D eigenvalue weighted by molar-refractivity contribution is 8.18. The predicted molar refractivity (Wildman–Crippen MR) is 130 cm³/mol. The normalized spacial score (nSPS) is 29.0. The van der Waals surface area contributed by atoms with Gasteiger partial charge in [0.15, 0.2) is 5.04 Å². The molecule has 0 saturated carbocycles. The average Bonchev–Trinajstić information content (AvgIpc) is 3.13. The highest BCUT2D eigenvalue weighted by Crippen LogP contribution is 2.33. The quantitative estimate of drug-likeness (QED) is 0.760. The SMILES string of the molecule is C=C1/N=C\N=C(\N2c3ccccc3CC2C)C(C)/N=C(/C(=O)NCC2CCNCC2)S1. The van der Waals surface area contributed by atoms with Crippen LogP contribution in [0.4, 0.5) is 5.69 Å². The highest BCUT2D eigenvalue weighted by atomic mass is 32.2. The largest absolute Gasteiger partial charge is 0.350 e. The summed E-state index contributed by atoms with van der Waals surface area (Å²) in [6.07, 6.45) is 4.64. The van der Waals surface area contributed by atoms with Gasteiger partial charge in [0, 0.05) is 18.3 Å². The molecule has 0 aliphatic carbocycles. The number of aliphatic imine (C=N–C) groups is 3. The second-order valence-electron chi connectivity index (χ2n) is 8.29. The van der Waals surface area contributed by atoms with Gasteiger partial charge in [-0.25, -0.2) is 9.98 Å². The Labute approximate surface area is 188 Å². The van der Waals surface area contributed by atoms with Crippen molar-refractivity contribution < 1.29 is 4.79 Å². The highest BCUT2D eigenvalue weighted by Gasteiger charge is 2.32. The summed E-state index contributed by atoms with van der Waals surface area (Å²) in [5.74, 6) is 1.13. The van der Waals surface area contributed by atoms with Gasteiger partial charge in [-0.2, -0.15) is 0 Å². The lowest BCUT2D eigenvalue weighted by Crippen LogP contribution is -2.42. The van der Waals surface area contributed by atoms with Gasteiger partial charge in [0.05, 0.1) is 5.03 Å². The van der Waals surface area contributed by atoms with E-state index in [1.165, 1.54) is 23.7 Å². The molecule has 1 amide bonds. The fourth-order valence-electron chi connectivity index (χ4n) is 4.34. The van der Waals surface area contributed by atoms with Crippen LogP contribution >= 0.6 is 11.8 Å². The molecule has 31 heavy (non-hydrogen) atoms. The maximum absolute atomic E-state index is 13.0. The van der Waals surface area contributed by atoms with Gasteiger partial charge in [0.25, 0.3) is 5.91 Å². The minimum absolute atomic E-state index is 0.164. The summed E-state index contributed by atoms with van der Waals surface area (Å²) in [5.41, 5.74) is 2.44. The summed E-state index contributed by atoms with van der Waals surface area (Å²) in [7, 11) is 0. The Balaban J connectivity index is 1.56. The molecule has 8 heteroatoms. The van der Waals surface area contributed by atoms with E-state index in [0.29, 0.717) is 22.5 Å². The summed E-state index contributed by atoms with van der Waals surface area (Å²) < 4.78 is 0. The second kappa shape index (κ2) is 9.78. The Kier molecular flexibility index (Phi) is 6.87. The van der Waals surface area contributed by atoms with E-state index in [4.69, 9.17) is 4.99 Å². The van der Waals surface area contributed by atoms with Gasteiger partial charge < -0.3 is 15.5 Å². The predicted octanol–water partition coefficient (Wildman–Crippen LogP) is 2.99. The lowest BCUT2D eigenvalue weighted by Gasteiger charge is -2.28. The Morgan fingerprint density at radius 2 is 2.06 bits per heavy atom. The van der Waals surface area contributed by atoms with Crippen LogP contribution in [0.15, 0.2) is 50.9 Å². The van der Waals surface area contributed by atoms with Crippen LogP contribution in [0.3, 0.4) is 0 Å². The van der Waals surface area contributed by atoms with Crippen LogP contribution in [0, 0.1) is 5.92 Å². The zero-order valence-electron chi connectivity index (χ0n) is 18.2. The molecule has 3 aliphatic rings. The minimum Gasteiger partial charge on any atom is -0.350 e. The van der Waals surface area contributed by atoms with E-state index >= 15 is 0 Å². The smallest absolute Gasteiger partial charge is 0.276 e. The number of piperidine rings is 1. The summed E-state index contributed by atoms with van der Waals surface area (Å²) in [6, 6.07) is 8.34. The zero-order valence-corrected chi connectivity index (χ0v) is 19.0. The molecule has 2 unspecified atom stereocenters. The summed E-state index contributed by atoms with van der Waals surface area (Å²) in [6.45, 7) is 10.8. The minimum atomic E-state index is -0.293. The van der Waals surface area contributed by atoms with Crippen LogP contribution in [-0.2, 0) is 11.2 Å². The molecule has 0 radical (unpaired) electrons. The Morgan fingerprint density at radius 1 is 1.29 bits per heavy atom. The van der Waals surface area contributed by atoms with Crippen molar-refractivity contribution in [1.29, 1.82) is 0 Å². The lowest BCUT2D eigenvalue weighted by atomic mass is 9.98. The van der Waals surface area contributed by atoms with Crippen molar-refractivity contribution in [3.05, 3.63) is 41.4 Å². The lowest BCUT2D eigenvalue weighted by molar-refractivity contribution is -0.114. The molecule has 3 heterocycles. The van der Waals surface area contributed by atoms with Gasteiger partial charge in [-0.15, -0.1) is 0 Å². The van der Waals surface area contributed by atoms with E-state index in [2.05, 4.69) is 57.2 Å². The summed E-state index contributed by atoms with van der Waals surface area (Å²) in [4.78, 5) is 29.0. The van der Waals surface area contributed by atoms with Crippen molar-refractivity contribution in [3.63, 3.8) is 0 Å². The van der Waals surface area contributed by atoms with Gasteiger partial charge in [0.1, 0.15) is 18.2 Å². The van der Waals surface area contributed by atoms with E-state index in [0.717, 1.165) is 43.9 Å². The third kappa shape index (κ3) is 5.07.